The number of allylic oxidation sites excluding steroid dienone is 8. The molecule has 103 heavy (non-hydrogen) atoms. The van der Waals surface area contributed by atoms with Crippen molar-refractivity contribution in [1.29, 1.82) is 0 Å². The summed E-state index contributed by atoms with van der Waals surface area (Å²) in [5.74, 6) is -1.94. The van der Waals surface area contributed by atoms with Crippen LogP contribution >= 0.6 is 0 Å². The molecule has 0 saturated heterocycles. The maximum Gasteiger partial charge on any atom is 0.339 e. The topological polar surface area (TPSA) is 195 Å². The van der Waals surface area contributed by atoms with E-state index < -0.39 is 64.6 Å². The van der Waals surface area contributed by atoms with Gasteiger partial charge in [0.2, 0.25) is 0 Å². The van der Waals surface area contributed by atoms with E-state index in [0.29, 0.717) is 79.0 Å². The van der Waals surface area contributed by atoms with E-state index in [-0.39, 0.29) is 32.5 Å². The van der Waals surface area contributed by atoms with Crippen LogP contribution in [-0.4, -0.2) is 105 Å². The molecule has 0 amide bonds. The van der Waals surface area contributed by atoms with Crippen LogP contribution in [0, 0.1) is 25.7 Å². The van der Waals surface area contributed by atoms with Gasteiger partial charge in [0.05, 0.1) is 54.2 Å². The fourth-order valence-corrected chi connectivity index (χ4v) is 16.2. The van der Waals surface area contributed by atoms with Crippen molar-refractivity contribution < 1.29 is 71.5 Å². The summed E-state index contributed by atoms with van der Waals surface area (Å²) in [6.07, 6.45) is 23.7. The van der Waals surface area contributed by atoms with E-state index in [9.17, 15) is 0 Å². The Bertz CT molecular complexity index is 4750. The highest BCUT2D eigenvalue weighted by Gasteiger charge is 2.48. The molecule has 8 aromatic carbocycles. The summed E-state index contributed by atoms with van der Waals surface area (Å²) in [4.78, 5) is -0.393. The van der Waals surface area contributed by atoms with Crippen LogP contribution in [0.4, 0.5) is 0 Å². The second-order valence-corrected chi connectivity index (χ2v) is 29.4. The van der Waals surface area contributed by atoms with E-state index in [1.165, 1.54) is 81.1 Å². The largest absolute Gasteiger partial charge is 0.496 e. The predicted molar refractivity (Wildman–Crippen MR) is 406 cm³/mol. The SMILES string of the molecule is COc1ccccc1/C=C/C1=CC(/C=C/c2ccccc2OC)(OC)C(OS(=O)(=O)c2ccc(C)cc2)=C(/C=C/c2ccccc2OC)C1CS(=O)(=O)CC1C(/C=C/c2ccccc2OC)=CC(/C=C/c2ccccc2OC)(OC)C(OS(=O)(=O)c2ccc(C)cc2)=C1/C=C/c1ccccc1OC. The quantitative estimate of drug-likeness (QED) is 0.0385. The van der Waals surface area contributed by atoms with E-state index in [1.54, 1.807) is 182 Å². The van der Waals surface area contributed by atoms with Gasteiger partial charge >= 0.3 is 20.2 Å². The number of sulfone groups is 1. The summed E-state index contributed by atoms with van der Waals surface area (Å²) in [5.41, 5.74) is 1.91. The van der Waals surface area contributed by atoms with Crippen molar-refractivity contribution in [3.63, 3.8) is 0 Å². The van der Waals surface area contributed by atoms with Crippen molar-refractivity contribution in [2.24, 2.45) is 11.8 Å². The molecule has 0 N–H and O–H groups in total. The highest BCUT2D eigenvalue weighted by atomic mass is 32.2. The first-order chi connectivity index (χ1) is 49.6. The van der Waals surface area contributed by atoms with Crippen LogP contribution in [0.2, 0.25) is 0 Å². The van der Waals surface area contributed by atoms with E-state index in [1.807, 2.05) is 86.6 Å². The maximum absolute atomic E-state index is 16.9. The Balaban J connectivity index is 1.29. The van der Waals surface area contributed by atoms with Gasteiger partial charge < -0.3 is 46.3 Å². The van der Waals surface area contributed by atoms with Gasteiger partial charge in [-0.1, -0.05) is 205 Å². The number of rotatable bonds is 30. The second kappa shape index (κ2) is 33.4. The molecular formula is C84H82O16S3. The first-order valence-corrected chi connectivity index (χ1v) is 37.5. The molecule has 0 saturated carbocycles. The summed E-state index contributed by atoms with van der Waals surface area (Å²) < 4.78 is 156. The third-order valence-corrected chi connectivity index (χ3v) is 21.9. The second-order valence-electron chi connectivity index (χ2n) is 24.2. The van der Waals surface area contributed by atoms with Crippen LogP contribution in [0.3, 0.4) is 0 Å². The van der Waals surface area contributed by atoms with E-state index in [4.69, 9.17) is 46.3 Å². The minimum Gasteiger partial charge on any atom is -0.496 e. The normalized spacial score (nSPS) is 18.3. The molecule has 8 aromatic rings. The van der Waals surface area contributed by atoms with Crippen LogP contribution < -0.4 is 28.4 Å². The first kappa shape index (κ1) is 75.0. The van der Waals surface area contributed by atoms with Crippen molar-refractivity contribution >= 4 is 66.5 Å². The maximum atomic E-state index is 16.9. The first-order valence-electron chi connectivity index (χ1n) is 32.8. The average molecular weight is 1440 g/mol. The standard InChI is InChI=1S/C84H82O16S3/c1-59-35-45-69(46-36-59)102(87,88)99-81-71(49-43-63-25-13-19-31-77(63)93-5)73(67(41-39-61-23-11-17-29-75(61)91-3)55-83(81,97-9)53-51-65-27-15-21-33-79(65)95-7)57-101(85,86)58-74-68(42-40-62-24-12-18-30-76(62)92-4)56-84(98-10,54-52-66-28-16-22-34-80(66)96-8)82(100-103(89,90)70-47-37-60(2)38-48-70)72(74)50-44-64-26-14-20-32-78(64)94-6/h11-56,73-74H,57-58H2,1-10H3/b41-39+,42-40+,49-43+,50-44+,53-51+,54-52+. The number of benzene rings is 8. The fourth-order valence-electron chi connectivity index (χ4n) is 12.2. The van der Waals surface area contributed by atoms with Gasteiger partial charge in [0, 0.05) is 70.6 Å². The Morgan fingerprint density at radius 3 is 0.835 bits per heavy atom. The van der Waals surface area contributed by atoms with E-state index >= 15 is 25.3 Å². The highest BCUT2D eigenvalue weighted by Crippen LogP contribution is 2.48. The number of aryl methyl sites for hydroxylation is 2. The van der Waals surface area contributed by atoms with Crippen LogP contribution in [0.25, 0.3) is 36.5 Å². The van der Waals surface area contributed by atoms with Gasteiger partial charge in [-0.25, -0.2) is 8.42 Å². The summed E-state index contributed by atoms with van der Waals surface area (Å²) in [7, 11) is -2.38. The third kappa shape index (κ3) is 17.6. The molecule has 0 spiro atoms. The molecule has 4 unspecified atom stereocenters. The van der Waals surface area contributed by atoms with Crippen molar-refractivity contribution in [2.45, 2.75) is 34.8 Å². The Morgan fingerprint density at radius 1 is 0.320 bits per heavy atom. The summed E-state index contributed by atoms with van der Waals surface area (Å²) >= 11 is 0. The lowest BCUT2D eigenvalue weighted by molar-refractivity contribution is 0.0691. The van der Waals surface area contributed by atoms with E-state index in [0.717, 1.165) is 11.1 Å². The number of methoxy groups -OCH3 is 8. The Morgan fingerprint density at radius 2 is 0.573 bits per heavy atom. The van der Waals surface area contributed by atoms with E-state index in [2.05, 4.69) is 0 Å². The highest BCUT2D eigenvalue weighted by molar-refractivity contribution is 7.91. The smallest absolute Gasteiger partial charge is 0.339 e. The average Bonchev–Trinajstić information content (AvgIpc) is 0.744. The zero-order valence-electron chi connectivity index (χ0n) is 58.9. The monoisotopic (exact) mass is 1440 g/mol. The molecule has 2 aliphatic rings. The summed E-state index contributed by atoms with van der Waals surface area (Å²) in [6.45, 7) is 3.65. The zero-order valence-corrected chi connectivity index (χ0v) is 61.3. The van der Waals surface area contributed by atoms with Crippen LogP contribution in [0.5, 0.6) is 34.5 Å². The van der Waals surface area contributed by atoms with Gasteiger partial charge in [0.15, 0.2) is 32.6 Å². The van der Waals surface area contributed by atoms with Gasteiger partial charge in [-0.3, -0.25) is 0 Å². The van der Waals surface area contributed by atoms with Gasteiger partial charge in [-0.05, 0) is 110 Å². The molecule has 2 aliphatic carbocycles. The molecule has 19 heteroatoms. The number of hydrogen-bond acceptors (Lipinski definition) is 16. The lowest BCUT2D eigenvalue weighted by Gasteiger charge is -2.39. The molecule has 0 radical (unpaired) electrons. The van der Waals surface area contributed by atoms with Crippen molar-refractivity contribution in [2.75, 3.05) is 68.4 Å². The van der Waals surface area contributed by atoms with Gasteiger partial charge in [-0.15, -0.1) is 0 Å². The van der Waals surface area contributed by atoms with Crippen LogP contribution in [0.1, 0.15) is 44.5 Å². The third-order valence-electron chi connectivity index (χ3n) is 17.7. The lowest BCUT2D eigenvalue weighted by atomic mass is 9.78. The molecule has 532 valence electrons. The number of hydrogen-bond donors (Lipinski definition) is 0. The molecule has 0 bridgehead atoms. The van der Waals surface area contributed by atoms with Gasteiger partial charge in [0.25, 0.3) is 0 Å². The molecule has 0 heterocycles. The Kier molecular flexibility index (Phi) is 24.3. The molecule has 0 aromatic heterocycles. The Hall–Kier alpha value is -10.7. The van der Waals surface area contributed by atoms with Crippen LogP contribution in [0.15, 0.2) is 286 Å². The summed E-state index contributed by atoms with van der Waals surface area (Å²) in [6, 6.07) is 55.6. The molecular weight excluding hydrogens is 1360 g/mol. The molecule has 10 rings (SSSR count). The predicted octanol–water partition coefficient (Wildman–Crippen LogP) is 16.6. The van der Waals surface area contributed by atoms with Crippen molar-refractivity contribution in [3.05, 3.63) is 321 Å². The zero-order chi connectivity index (χ0) is 73.4. The number of ether oxygens (including phenoxy) is 8. The fraction of sp³-hybridized carbons (Fsp3) is 0.190. The minimum atomic E-state index is -4.82. The van der Waals surface area contributed by atoms with Gasteiger partial charge in [0.1, 0.15) is 44.3 Å². The minimum absolute atomic E-state index is 0.0641. The Labute approximate surface area is 604 Å². The molecule has 4 atom stereocenters. The van der Waals surface area contributed by atoms with Crippen molar-refractivity contribution in [3.8, 4) is 34.5 Å². The summed E-state index contributed by atoms with van der Waals surface area (Å²) in [5, 5.41) is 0. The lowest BCUT2D eigenvalue weighted by Crippen LogP contribution is -2.40. The molecule has 0 fully saturated rings. The van der Waals surface area contributed by atoms with Crippen molar-refractivity contribution in [1.82, 2.24) is 0 Å². The molecule has 0 aliphatic heterocycles. The van der Waals surface area contributed by atoms with Gasteiger partial charge in [-0.2, -0.15) is 16.8 Å². The number of para-hydroxylation sites is 6. The molecule has 16 nitrogen and oxygen atoms in total. The van der Waals surface area contributed by atoms with Crippen LogP contribution in [-0.2, 0) is 47.9 Å².